The van der Waals surface area contributed by atoms with Crippen molar-refractivity contribution in [2.75, 3.05) is 12.4 Å². The van der Waals surface area contributed by atoms with Crippen molar-refractivity contribution >= 4 is 51.6 Å². The fourth-order valence-electron chi connectivity index (χ4n) is 0.994. The molecular formula is C9H9IN2O2S. The molecule has 80 valence electrons. The third-order valence-electron chi connectivity index (χ3n) is 1.65. The summed E-state index contributed by atoms with van der Waals surface area (Å²) in [5.74, 6) is -0.366. The minimum Gasteiger partial charge on any atom is -0.465 e. The van der Waals surface area contributed by atoms with Crippen LogP contribution in [0.2, 0.25) is 0 Å². The second-order valence-electron chi connectivity index (χ2n) is 2.68. The zero-order chi connectivity index (χ0) is 11.4. The highest BCUT2D eigenvalue weighted by Crippen LogP contribution is 2.19. The van der Waals surface area contributed by atoms with E-state index in [9.17, 15) is 4.79 Å². The fraction of sp³-hybridized carbons (Fsp3) is 0.111. The molecule has 6 heteroatoms. The first kappa shape index (κ1) is 12.2. The van der Waals surface area contributed by atoms with Crippen molar-refractivity contribution in [2.24, 2.45) is 5.73 Å². The Hall–Kier alpha value is -0.890. The maximum Gasteiger partial charge on any atom is 0.337 e. The number of hydrogen-bond acceptors (Lipinski definition) is 3. The Kier molecular flexibility index (Phi) is 4.28. The maximum absolute atomic E-state index is 11.2. The van der Waals surface area contributed by atoms with Gasteiger partial charge in [0.05, 0.1) is 18.4 Å². The highest BCUT2D eigenvalue weighted by atomic mass is 127. The van der Waals surface area contributed by atoms with Crippen LogP contribution in [0.4, 0.5) is 5.69 Å². The molecule has 0 radical (unpaired) electrons. The number of anilines is 1. The van der Waals surface area contributed by atoms with Crippen molar-refractivity contribution in [1.82, 2.24) is 0 Å². The topological polar surface area (TPSA) is 64.3 Å². The first-order valence-corrected chi connectivity index (χ1v) is 5.47. The van der Waals surface area contributed by atoms with Crippen molar-refractivity contribution in [1.29, 1.82) is 0 Å². The van der Waals surface area contributed by atoms with Gasteiger partial charge in [0.1, 0.15) is 0 Å². The van der Waals surface area contributed by atoms with Crippen LogP contribution in [-0.2, 0) is 4.74 Å². The molecule has 0 aliphatic rings. The number of benzene rings is 1. The molecule has 0 fully saturated rings. The summed E-state index contributed by atoms with van der Waals surface area (Å²) < 4.78 is 5.45. The van der Waals surface area contributed by atoms with E-state index in [-0.39, 0.29) is 11.1 Å². The van der Waals surface area contributed by atoms with E-state index in [0.29, 0.717) is 5.56 Å². The number of esters is 1. The number of carbonyl (C=O) groups is 1. The first-order valence-electron chi connectivity index (χ1n) is 3.99. The van der Waals surface area contributed by atoms with Crippen LogP contribution in [0.3, 0.4) is 0 Å². The standard InChI is InChI=1S/C9H9IN2O2S/c1-14-8(13)5-2-3-7(6(10)4-5)12-9(11)15/h2-4H,1H3,(H3,11,12,15). The number of hydrogen-bond donors (Lipinski definition) is 2. The SMILES string of the molecule is COC(=O)c1ccc(NC(N)=S)c(I)c1. The van der Waals surface area contributed by atoms with Gasteiger partial charge in [0.2, 0.25) is 0 Å². The molecule has 0 spiro atoms. The molecule has 0 saturated carbocycles. The Balaban J connectivity index is 2.97. The van der Waals surface area contributed by atoms with E-state index in [2.05, 4.69) is 32.6 Å². The largest absolute Gasteiger partial charge is 0.465 e. The van der Waals surface area contributed by atoms with Gasteiger partial charge in [-0.2, -0.15) is 0 Å². The molecule has 1 rings (SSSR count). The van der Waals surface area contributed by atoms with Crippen LogP contribution in [0.25, 0.3) is 0 Å². The van der Waals surface area contributed by atoms with Gasteiger partial charge in [-0.1, -0.05) is 0 Å². The normalized spacial score (nSPS) is 9.47. The van der Waals surface area contributed by atoms with Gasteiger partial charge in [0.15, 0.2) is 5.11 Å². The van der Waals surface area contributed by atoms with E-state index in [1.165, 1.54) is 7.11 Å². The smallest absolute Gasteiger partial charge is 0.337 e. The molecule has 1 aromatic carbocycles. The molecule has 3 N–H and O–H groups in total. The van der Waals surface area contributed by atoms with Crippen molar-refractivity contribution in [3.05, 3.63) is 27.3 Å². The predicted molar refractivity (Wildman–Crippen MR) is 70.9 cm³/mol. The van der Waals surface area contributed by atoms with E-state index < -0.39 is 0 Å². The van der Waals surface area contributed by atoms with Crippen LogP contribution < -0.4 is 11.1 Å². The van der Waals surface area contributed by atoms with E-state index in [0.717, 1.165) is 9.26 Å². The molecule has 15 heavy (non-hydrogen) atoms. The maximum atomic E-state index is 11.2. The van der Waals surface area contributed by atoms with Gasteiger partial charge < -0.3 is 15.8 Å². The molecule has 1 aromatic rings. The molecule has 0 saturated heterocycles. The molecule has 0 aliphatic carbocycles. The summed E-state index contributed by atoms with van der Waals surface area (Å²) in [6.45, 7) is 0. The predicted octanol–water partition coefficient (Wildman–Crippen LogP) is 1.73. The van der Waals surface area contributed by atoms with Gasteiger partial charge in [-0.3, -0.25) is 0 Å². The Morgan fingerprint density at radius 1 is 1.60 bits per heavy atom. The summed E-state index contributed by atoms with van der Waals surface area (Å²) in [5, 5.41) is 3.00. The fourth-order valence-corrected chi connectivity index (χ4v) is 1.75. The summed E-state index contributed by atoms with van der Waals surface area (Å²) in [4.78, 5) is 11.2. The van der Waals surface area contributed by atoms with Gasteiger partial charge >= 0.3 is 5.97 Å². The third-order valence-corrected chi connectivity index (χ3v) is 2.64. The average Bonchev–Trinajstić information content (AvgIpc) is 2.19. The Labute approximate surface area is 106 Å². The monoisotopic (exact) mass is 336 g/mol. The Morgan fingerprint density at radius 3 is 2.73 bits per heavy atom. The molecule has 0 aromatic heterocycles. The molecule has 0 aliphatic heterocycles. The van der Waals surface area contributed by atoms with E-state index in [1.54, 1.807) is 18.2 Å². The number of nitrogens with two attached hydrogens (primary N) is 1. The van der Waals surface area contributed by atoms with Crippen LogP contribution in [0.5, 0.6) is 0 Å². The number of ether oxygens (including phenoxy) is 1. The van der Waals surface area contributed by atoms with Crippen molar-refractivity contribution in [3.63, 3.8) is 0 Å². The minimum atomic E-state index is -0.366. The van der Waals surface area contributed by atoms with Gasteiger partial charge in [-0.25, -0.2) is 4.79 Å². The molecule has 0 heterocycles. The second kappa shape index (κ2) is 5.26. The lowest BCUT2D eigenvalue weighted by molar-refractivity contribution is 0.0600. The van der Waals surface area contributed by atoms with Gasteiger partial charge in [-0.15, -0.1) is 0 Å². The summed E-state index contributed by atoms with van der Waals surface area (Å²) in [7, 11) is 1.34. The van der Waals surface area contributed by atoms with Crippen molar-refractivity contribution < 1.29 is 9.53 Å². The van der Waals surface area contributed by atoms with Gasteiger partial charge in [0.25, 0.3) is 0 Å². The average molecular weight is 336 g/mol. The van der Waals surface area contributed by atoms with Gasteiger partial charge in [-0.05, 0) is 53.0 Å². The number of halogens is 1. The van der Waals surface area contributed by atoms with Crippen LogP contribution in [0, 0.1) is 3.57 Å². The van der Waals surface area contributed by atoms with E-state index in [1.807, 2.05) is 0 Å². The molecule has 0 atom stereocenters. The second-order valence-corrected chi connectivity index (χ2v) is 4.28. The number of nitrogens with one attached hydrogen (secondary N) is 1. The highest BCUT2D eigenvalue weighted by molar-refractivity contribution is 14.1. The Bertz CT molecular complexity index is 409. The number of methoxy groups -OCH3 is 1. The van der Waals surface area contributed by atoms with Crippen LogP contribution in [-0.4, -0.2) is 18.2 Å². The quantitative estimate of drug-likeness (QED) is 0.489. The third kappa shape index (κ3) is 3.31. The zero-order valence-corrected chi connectivity index (χ0v) is 10.9. The first-order chi connectivity index (χ1) is 7.04. The van der Waals surface area contributed by atoms with Crippen LogP contribution in [0.15, 0.2) is 18.2 Å². The molecule has 4 nitrogen and oxygen atoms in total. The number of carbonyl (C=O) groups excluding carboxylic acids is 1. The summed E-state index contributed by atoms with van der Waals surface area (Å²) in [6.07, 6.45) is 0. The van der Waals surface area contributed by atoms with Crippen LogP contribution >= 0.6 is 34.8 Å². The minimum absolute atomic E-state index is 0.193. The van der Waals surface area contributed by atoms with E-state index in [4.69, 9.17) is 18.0 Å². The number of thiocarbonyl (C=S) groups is 1. The lowest BCUT2D eigenvalue weighted by Crippen LogP contribution is -2.19. The highest BCUT2D eigenvalue weighted by Gasteiger charge is 2.08. The molecule has 0 amide bonds. The molecular weight excluding hydrogens is 327 g/mol. The summed E-state index contributed by atoms with van der Waals surface area (Å²) >= 11 is 6.80. The van der Waals surface area contributed by atoms with Crippen LogP contribution in [0.1, 0.15) is 10.4 Å². The number of rotatable bonds is 2. The Morgan fingerprint density at radius 2 is 2.27 bits per heavy atom. The molecule has 0 bridgehead atoms. The van der Waals surface area contributed by atoms with E-state index >= 15 is 0 Å². The zero-order valence-electron chi connectivity index (χ0n) is 7.91. The van der Waals surface area contributed by atoms with Crippen molar-refractivity contribution in [3.8, 4) is 0 Å². The summed E-state index contributed by atoms with van der Waals surface area (Å²) in [6, 6.07) is 5.08. The lowest BCUT2D eigenvalue weighted by Gasteiger charge is -2.07. The van der Waals surface area contributed by atoms with Crippen molar-refractivity contribution in [2.45, 2.75) is 0 Å². The lowest BCUT2D eigenvalue weighted by atomic mass is 10.2. The summed E-state index contributed by atoms with van der Waals surface area (Å²) in [5.41, 5.74) is 6.61. The van der Waals surface area contributed by atoms with Gasteiger partial charge in [0, 0.05) is 3.57 Å². The molecule has 0 unspecified atom stereocenters.